The van der Waals surface area contributed by atoms with Gasteiger partial charge in [0.05, 0.1) is 6.33 Å². The maximum Gasteiger partial charge on any atom is 0.336 e. The molecule has 1 unspecified atom stereocenters. The van der Waals surface area contributed by atoms with Crippen LogP contribution in [0.4, 0.5) is 0 Å². The van der Waals surface area contributed by atoms with Gasteiger partial charge in [-0.2, -0.15) is 0 Å². The summed E-state index contributed by atoms with van der Waals surface area (Å²) in [4.78, 5) is 14.4. The Morgan fingerprint density at radius 3 is 2.93 bits per heavy atom. The van der Waals surface area contributed by atoms with E-state index in [0.29, 0.717) is 13.1 Å². The van der Waals surface area contributed by atoms with Crippen LogP contribution in [0.5, 0.6) is 0 Å². The van der Waals surface area contributed by atoms with Crippen LogP contribution in [0.1, 0.15) is 6.92 Å². The predicted octanol–water partition coefficient (Wildman–Crippen LogP) is -0.692. The molecule has 1 heterocycles. The topological polar surface area (TPSA) is 87.4 Å². The van der Waals surface area contributed by atoms with Gasteiger partial charge in [0.15, 0.2) is 5.60 Å². The van der Waals surface area contributed by atoms with Gasteiger partial charge >= 0.3 is 5.97 Å². The highest BCUT2D eigenvalue weighted by Crippen LogP contribution is 2.00. The number of carboxylic acids is 1. The number of nitrogens with zero attached hydrogens (tertiary/aromatic N) is 2. The molecule has 0 saturated heterocycles. The fourth-order valence-corrected chi connectivity index (χ4v) is 1.03. The molecule has 0 amide bonds. The van der Waals surface area contributed by atoms with Crippen molar-refractivity contribution in [3.63, 3.8) is 0 Å². The zero-order valence-corrected chi connectivity index (χ0v) is 8.55. The highest BCUT2D eigenvalue weighted by atomic mass is 16.4. The Hall–Kier alpha value is -1.40. The fraction of sp³-hybridized carbons (Fsp3) is 0.556. The van der Waals surface area contributed by atoms with E-state index in [1.807, 2.05) is 10.8 Å². The maximum atomic E-state index is 10.5. The number of rotatable bonds is 6. The third kappa shape index (κ3) is 3.69. The van der Waals surface area contributed by atoms with Gasteiger partial charge in [0, 0.05) is 32.0 Å². The van der Waals surface area contributed by atoms with E-state index in [4.69, 9.17) is 5.11 Å². The van der Waals surface area contributed by atoms with E-state index in [-0.39, 0.29) is 6.54 Å². The first-order valence-electron chi connectivity index (χ1n) is 4.64. The molecule has 1 rings (SSSR count). The lowest BCUT2D eigenvalue weighted by molar-refractivity contribution is -0.156. The quantitative estimate of drug-likeness (QED) is 0.544. The van der Waals surface area contributed by atoms with Crippen molar-refractivity contribution in [3.05, 3.63) is 18.7 Å². The number of hydrogen-bond donors (Lipinski definition) is 3. The van der Waals surface area contributed by atoms with Gasteiger partial charge in [0.25, 0.3) is 0 Å². The van der Waals surface area contributed by atoms with E-state index in [0.717, 1.165) is 0 Å². The van der Waals surface area contributed by atoms with Gasteiger partial charge in [-0.1, -0.05) is 0 Å². The van der Waals surface area contributed by atoms with Gasteiger partial charge in [0.2, 0.25) is 0 Å². The third-order valence-electron chi connectivity index (χ3n) is 2.04. The standard InChI is InChI=1S/C9H15N3O3/c1-9(15,8(13)14)6-10-2-4-12-5-3-11-7-12/h3,5,7,10,15H,2,4,6H2,1H3,(H,13,14). The average molecular weight is 213 g/mol. The van der Waals surface area contributed by atoms with Crippen molar-refractivity contribution in [1.29, 1.82) is 0 Å². The number of aromatic nitrogens is 2. The van der Waals surface area contributed by atoms with Gasteiger partial charge in [-0.15, -0.1) is 0 Å². The Balaban J connectivity index is 2.19. The number of carboxylic acid groups (broad SMARTS) is 1. The number of hydrogen-bond acceptors (Lipinski definition) is 4. The van der Waals surface area contributed by atoms with Gasteiger partial charge in [-0.05, 0) is 6.92 Å². The molecule has 15 heavy (non-hydrogen) atoms. The lowest BCUT2D eigenvalue weighted by Gasteiger charge is -2.18. The van der Waals surface area contributed by atoms with Crippen molar-refractivity contribution in [3.8, 4) is 0 Å². The first-order valence-corrected chi connectivity index (χ1v) is 4.64. The fourth-order valence-electron chi connectivity index (χ4n) is 1.03. The predicted molar refractivity (Wildman–Crippen MR) is 53.4 cm³/mol. The second-order valence-corrected chi connectivity index (χ2v) is 3.56. The van der Waals surface area contributed by atoms with Crippen LogP contribution >= 0.6 is 0 Å². The van der Waals surface area contributed by atoms with Crippen LogP contribution in [0.15, 0.2) is 18.7 Å². The number of nitrogens with one attached hydrogen (secondary N) is 1. The Kier molecular flexibility index (Phi) is 3.81. The van der Waals surface area contributed by atoms with E-state index in [2.05, 4.69) is 10.3 Å². The summed E-state index contributed by atoms with van der Waals surface area (Å²) in [5, 5.41) is 20.9. The van der Waals surface area contributed by atoms with Gasteiger partial charge < -0.3 is 20.1 Å². The molecule has 0 aliphatic carbocycles. The molecule has 1 atom stereocenters. The molecule has 0 bridgehead atoms. The van der Waals surface area contributed by atoms with E-state index in [1.165, 1.54) is 6.92 Å². The zero-order valence-electron chi connectivity index (χ0n) is 8.55. The highest BCUT2D eigenvalue weighted by molar-refractivity contribution is 5.76. The molecule has 0 aromatic carbocycles. The number of carbonyl (C=O) groups is 1. The first kappa shape index (κ1) is 11.7. The van der Waals surface area contributed by atoms with Crippen LogP contribution in [-0.2, 0) is 11.3 Å². The second kappa shape index (κ2) is 4.90. The Morgan fingerprint density at radius 2 is 2.40 bits per heavy atom. The molecule has 84 valence electrons. The molecule has 0 fully saturated rings. The second-order valence-electron chi connectivity index (χ2n) is 3.56. The van der Waals surface area contributed by atoms with Gasteiger partial charge in [-0.25, -0.2) is 9.78 Å². The monoisotopic (exact) mass is 213 g/mol. The molecule has 1 aromatic rings. The number of aliphatic hydroxyl groups is 1. The summed E-state index contributed by atoms with van der Waals surface area (Å²) in [6.07, 6.45) is 5.17. The summed E-state index contributed by atoms with van der Waals surface area (Å²) in [7, 11) is 0. The van der Waals surface area contributed by atoms with Crippen molar-refractivity contribution in [2.75, 3.05) is 13.1 Å². The lowest BCUT2D eigenvalue weighted by atomic mass is 10.1. The zero-order chi connectivity index (χ0) is 11.3. The van der Waals surface area contributed by atoms with Gasteiger partial charge in [0.1, 0.15) is 0 Å². The highest BCUT2D eigenvalue weighted by Gasteiger charge is 2.28. The molecule has 0 aliphatic heterocycles. The van der Waals surface area contributed by atoms with Gasteiger partial charge in [-0.3, -0.25) is 0 Å². The molecule has 3 N–H and O–H groups in total. The average Bonchev–Trinajstić information content (AvgIpc) is 2.64. The molecule has 0 aliphatic rings. The van der Waals surface area contributed by atoms with E-state index in [9.17, 15) is 9.90 Å². The van der Waals surface area contributed by atoms with Crippen molar-refractivity contribution in [2.45, 2.75) is 19.1 Å². The number of imidazole rings is 1. The van der Waals surface area contributed by atoms with Crippen molar-refractivity contribution < 1.29 is 15.0 Å². The van der Waals surface area contributed by atoms with E-state index in [1.54, 1.807) is 12.5 Å². The molecule has 0 saturated carbocycles. The molecule has 0 radical (unpaired) electrons. The molecule has 6 heteroatoms. The van der Waals surface area contributed by atoms with E-state index < -0.39 is 11.6 Å². The normalized spacial score (nSPS) is 14.8. The summed E-state index contributed by atoms with van der Waals surface area (Å²) in [5.41, 5.74) is -1.71. The van der Waals surface area contributed by atoms with Crippen molar-refractivity contribution >= 4 is 5.97 Å². The summed E-state index contributed by atoms with van der Waals surface area (Å²) in [6, 6.07) is 0. The van der Waals surface area contributed by atoms with Crippen LogP contribution in [0.2, 0.25) is 0 Å². The summed E-state index contributed by atoms with van der Waals surface area (Å²) < 4.78 is 1.86. The summed E-state index contributed by atoms with van der Waals surface area (Å²) in [6.45, 7) is 2.56. The van der Waals surface area contributed by atoms with Crippen LogP contribution in [-0.4, -0.2) is 44.4 Å². The van der Waals surface area contributed by atoms with Crippen molar-refractivity contribution in [1.82, 2.24) is 14.9 Å². The lowest BCUT2D eigenvalue weighted by Crippen LogP contribution is -2.45. The SMILES string of the molecule is CC(O)(CNCCn1ccnc1)C(=O)O. The molecular formula is C9H15N3O3. The van der Waals surface area contributed by atoms with Crippen LogP contribution < -0.4 is 5.32 Å². The smallest absolute Gasteiger partial charge is 0.336 e. The number of aliphatic carboxylic acids is 1. The van der Waals surface area contributed by atoms with Crippen LogP contribution in [0, 0.1) is 0 Å². The Bertz CT molecular complexity index is 308. The minimum atomic E-state index is -1.71. The first-order chi connectivity index (χ1) is 7.02. The van der Waals surface area contributed by atoms with Crippen molar-refractivity contribution in [2.24, 2.45) is 0 Å². The largest absolute Gasteiger partial charge is 0.479 e. The minimum Gasteiger partial charge on any atom is -0.479 e. The van der Waals surface area contributed by atoms with Crippen LogP contribution in [0.25, 0.3) is 0 Å². The minimum absolute atomic E-state index is 0.0248. The molecule has 0 spiro atoms. The van der Waals surface area contributed by atoms with Crippen LogP contribution in [0.3, 0.4) is 0 Å². The summed E-state index contributed by atoms with van der Waals surface area (Å²) in [5.74, 6) is -1.22. The Labute approximate surface area is 87.6 Å². The molecule has 6 nitrogen and oxygen atoms in total. The van der Waals surface area contributed by atoms with E-state index >= 15 is 0 Å². The maximum absolute atomic E-state index is 10.5. The Morgan fingerprint density at radius 1 is 1.67 bits per heavy atom. The summed E-state index contributed by atoms with van der Waals surface area (Å²) >= 11 is 0. The molecule has 1 aromatic heterocycles. The molecular weight excluding hydrogens is 198 g/mol. The third-order valence-corrected chi connectivity index (χ3v) is 2.04.